The van der Waals surface area contributed by atoms with E-state index in [1.54, 1.807) is 0 Å². The maximum atomic E-state index is 7.57. The van der Waals surface area contributed by atoms with E-state index in [-0.39, 0.29) is 6.40 Å². The maximum Gasteiger partial charge on any atom is 0.0273 e. The molecule has 0 saturated carbocycles. The van der Waals surface area contributed by atoms with E-state index in [1.807, 2.05) is 0 Å². The first kappa shape index (κ1) is 4.60. The molecule has 0 heterocycles. The largest absolute Gasteiger partial charge is 0.0853 e. The van der Waals surface area contributed by atoms with Crippen molar-refractivity contribution in [2.24, 2.45) is 5.92 Å². The summed E-state index contributed by atoms with van der Waals surface area (Å²) in [5.41, 5.74) is 1.40. The summed E-state index contributed by atoms with van der Waals surface area (Å²) in [6.07, 6.45) is 4.52. The molecule has 0 bridgehead atoms. The molecule has 0 radical (unpaired) electrons. The van der Waals surface area contributed by atoms with Crippen LogP contribution in [0.25, 0.3) is 0 Å². The van der Waals surface area contributed by atoms with E-state index in [0.717, 1.165) is 12.8 Å². The molecule has 46 valence electrons. The molecule has 0 N–H and O–H groups in total. The van der Waals surface area contributed by atoms with Crippen molar-refractivity contribution in [3.63, 3.8) is 0 Å². The van der Waals surface area contributed by atoms with Crippen LogP contribution in [-0.2, 0) is 0 Å². The quantitative estimate of drug-likeness (QED) is 0.422. The molecule has 0 saturated heterocycles. The number of allylic oxidation sites excluding steroid dienone is 2. The predicted octanol–water partition coefficient (Wildman–Crippen LogP) is 2.75. The molecule has 0 aromatic heterocycles. The Morgan fingerprint density at radius 2 is 2.62 bits per heavy atom. The first-order valence-corrected chi connectivity index (χ1v) is 3.28. The van der Waals surface area contributed by atoms with Gasteiger partial charge < -0.3 is 0 Å². The number of hydrogen-bond donors (Lipinski definition) is 0. The number of rotatable bonds is 0. The van der Waals surface area contributed by atoms with Crippen LogP contribution in [0.1, 0.15) is 34.5 Å². The van der Waals surface area contributed by atoms with Crippen LogP contribution in [0.4, 0.5) is 0 Å². The molecule has 1 aliphatic rings. The molecule has 0 nitrogen and oxygen atoms in total. The molecule has 0 aromatic rings. The van der Waals surface area contributed by atoms with Crippen molar-refractivity contribution >= 4 is 0 Å². The van der Waals surface area contributed by atoms with Crippen LogP contribution in [0.3, 0.4) is 0 Å². The summed E-state index contributed by atoms with van der Waals surface area (Å²) < 4.78 is 7.57. The van der Waals surface area contributed by atoms with Crippen LogP contribution < -0.4 is 0 Å². The minimum Gasteiger partial charge on any atom is -0.0853 e. The van der Waals surface area contributed by atoms with Gasteiger partial charge in [0.15, 0.2) is 0 Å². The second-order valence-electron chi connectivity index (χ2n) is 2.70. The lowest BCUT2D eigenvalue weighted by Crippen LogP contribution is -1.98. The summed E-state index contributed by atoms with van der Waals surface area (Å²) in [5.74, 6) is 0.577. The van der Waals surface area contributed by atoms with E-state index < -0.39 is 0 Å². The SMILES string of the molecule is [2H][C@@H]1CC(C)=CC[C@@H]1C. The molecule has 2 atom stereocenters. The third-order valence-electron chi connectivity index (χ3n) is 1.68. The lowest BCUT2D eigenvalue weighted by atomic mass is 9.92. The monoisotopic (exact) mass is 111 g/mol. The normalized spacial score (nSPS) is 40.8. The van der Waals surface area contributed by atoms with Crippen LogP contribution in [0.2, 0.25) is 0 Å². The second kappa shape index (κ2) is 2.34. The highest BCUT2D eigenvalue weighted by molar-refractivity contribution is 5.01. The van der Waals surface area contributed by atoms with Crippen molar-refractivity contribution in [3.8, 4) is 0 Å². The molecule has 8 heavy (non-hydrogen) atoms. The zero-order chi connectivity index (χ0) is 6.85. The van der Waals surface area contributed by atoms with Gasteiger partial charge in [-0.2, -0.15) is 0 Å². The van der Waals surface area contributed by atoms with Crippen molar-refractivity contribution in [1.82, 2.24) is 0 Å². The van der Waals surface area contributed by atoms with Gasteiger partial charge in [0, 0.05) is 1.37 Å². The standard InChI is InChI=1S/C8H14/c1-7-3-5-8(2)6-4-7/h3,8H,4-6H2,1-2H3/t8-/m0/s1/i6D/t6-,8+/m1. The van der Waals surface area contributed by atoms with Crippen LogP contribution in [0, 0.1) is 5.92 Å². The van der Waals surface area contributed by atoms with Crippen LogP contribution in [-0.4, -0.2) is 0 Å². The molecule has 0 aromatic carbocycles. The van der Waals surface area contributed by atoms with Crippen molar-refractivity contribution in [3.05, 3.63) is 11.6 Å². The lowest BCUT2D eigenvalue weighted by molar-refractivity contribution is 0.514. The Labute approximate surface area is 53.0 Å². The predicted molar refractivity (Wildman–Crippen MR) is 36.8 cm³/mol. The minimum absolute atomic E-state index is 0.162. The second-order valence-corrected chi connectivity index (χ2v) is 2.70. The molecule has 0 fully saturated rings. The molecule has 0 amide bonds. The first-order valence-electron chi connectivity index (χ1n) is 3.86. The van der Waals surface area contributed by atoms with E-state index in [0.29, 0.717) is 5.92 Å². The fourth-order valence-electron chi connectivity index (χ4n) is 0.954. The van der Waals surface area contributed by atoms with Gasteiger partial charge in [0.1, 0.15) is 0 Å². The maximum absolute atomic E-state index is 7.57. The molecule has 1 rings (SSSR count). The Balaban J connectivity index is 2.54. The Morgan fingerprint density at radius 3 is 3.12 bits per heavy atom. The van der Waals surface area contributed by atoms with Gasteiger partial charge >= 0.3 is 0 Å². The zero-order valence-electron chi connectivity index (χ0n) is 6.65. The van der Waals surface area contributed by atoms with Crippen LogP contribution >= 0.6 is 0 Å². The number of hydrogen-bond acceptors (Lipinski definition) is 0. The van der Waals surface area contributed by atoms with Gasteiger partial charge in [-0.05, 0) is 32.1 Å². The van der Waals surface area contributed by atoms with Gasteiger partial charge in [-0.15, -0.1) is 0 Å². The van der Waals surface area contributed by atoms with Crippen molar-refractivity contribution in [1.29, 1.82) is 0 Å². The highest BCUT2D eigenvalue weighted by Gasteiger charge is 2.05. The fraction of sp³-hybridized carbons (Fsp3) is 0.750. The van der Waals surface area contributed by atoms with E-state index in [4.69, 9.17) is 1.37 Å². The molecular weight excluding hydrogens is 96.1 g/mol. The smallest absolute Gasteiger partial charge is 0.0273 e. The Hall–Kier alpha value is -0.260. The van der Waals surface area contributed by atoms with Crippen molar-refractivity contribution in [2.75, 3.05) is 0 Å². The van der Waals surface area contributed by atoms with E-state index in [9.17, 15) is 0 Å². The van der Waals surface area contributed by atoms with E-state index >= 15 is 0 Å². The van der Waals surface area contributed by atoms with Gasteiger partial charge in [-0.25, -0.2) is 0 Å². The molecule has 0 spiro atoms. The van der Waals surface area contributed by atoms with Gasteiger partial charge in [-0.1, -0.05) is 18.6 Å². The third kappa shape index (κ3) is 1.36. The molecule has 0 heteroatoms. The summed E-state index contributed by atoms with van der Waals surface area (Å²) in [4.78, 5) is 0. The van der Waals surface area contributed by atoms with Gasteiger partial charge in [0.05, 0.1) is 0 Å². The van der Waals surface area contributed by atoms with Gasteiger partial charge in [0.2, 0.25) is 0 Å². The summed E-state index contributed by atoms with van der Waals surface area (Å²) in [7, 11) is 0. The molecule has 0 aliphatic heterocycles. The summed E-state index contributed by atoms with van der Waals surface area (Å²) in [5, 5.41) is 0. The van der Waals surface area contributed by atoms with Crippen molar-refractivity contribution < 1.29 is 1.37 Å². The topological polar surface area (TPSA) is 0 Å². The van der Waals surface area contributed by atoms with E-state index in [2.05, 4.69) is 19.9 Å². The Morgan fingerprint density at radius 1 is 1.88 bits per heavy atom. The average molecular weight is 111 g/mol. The zero-order valence-corrected chi connectivity index (χ0v) is 5.65. The summed E-state index contributed by atoms with van der Waals surface area (Å²) in [6.45, 7) is 4.27. The van der Waals surface area contributed by atoms with E-state index in [1.165, 1.54) is 5.57 Å². The lowest BCUT2D eigenvalue weighted by Gasteiger charge is -2.14. The Bertz CT molecular complexity index is 127. The summed E-state index contributed by atoms with van der Waals surface area (Å²) in [6, 6.07) is 0. The highest BCUT2D eigenvalue weighted by Crippen LogP contribution is 2.21. The van der Waals surface area contributed by atoms with Gasteiger partial charge in [-0.3, -0.25) is 0 Å². The third-order valence-corrected chi connectivity index (χ3v) is 1.68. The minimum atomic E-state index is 0.162. The fourth-order valence-corrected chi connectivity index (χ4v) is 0.954. The Kier molecular flexibility index (Phi) is 1.35. The summed E-state index contributed by atoms with van der Waals surface area (Å²) >= 11 is 0. The van der Waals surface area contributed by atoms with Crippen LogP contribution in [0.15, 0.2) is 11.6 Å². The average Bonchev–Trinajstić information content (AvgIpc) is 1.80. The molecule has 1 aliphatic carbocycles. The van der Waals surface area contributed by atoms with Crippen molar-refractivity contribution in [2.45, 2.75) is 33.1 Å². The van der Waals surface area contributed by atoms with Crippen LogP contribution in [0.5, 0.6) is 0 Å². The highest BCUT2D eigenvalue weighted by atomic mass is 14.1. The molecule has 0 unspecified atom stereocenters. The van der Waals surface area contributed by atoms with Gasteiger partial charge in [0.25, 0.3) is 0 Å². The first-order chi connectivity index (χ1) is 4.20. The molecular formula is C8H14.